The van der Waals surface area contributed by atoms with Crippen LogP contribution in [0.3, 0.4) is 0 Å². The highest BCUT2D eigenvalue weighted by Crippen LogP contribution is 2.19. The molecule has 2 N–H and O–H groups in total. The number of benzene rings is 2. The third-order valence-electron chi connectivity index (χ3n) is 4.56. The molecule has 1 aliphatic heterocycles. The van der Waals surface area contributed by atoms with Crippen molar-refractivity contribution < 1.29 is 18.3 Å². The Morgan fingerprint density at radius 1 is 1.15 bits per heavy atom. The topological polar surface area (TPSA) is 78.9 Å². The first-order valence-corrected chi connectivity index (χ1v) is 10.1. The van der Waals surface area contributed by atoms with Gasteiger partial charge in [0.05, 0.1) is 18.1 Å². The van der Waals surface area contributed by atoms with Gasteiger partial charge >= 0.3 is 0 Å². The lowest BCUT2D eigenvalue weighted by atomic mass is 10.00. The second kappa shape index (κ2) is 8.18. The largest absolute Gasteiger partial charge is 0.497 e. The summed E-state index contributed by atoms with van der Waals surface area (Å²) < 4.78 is 32.1. The van der Waals surface area contributed by atoms with Crippen molar-refractivity contribution in [2.75, 3.05) is 26.7 Å². The van der Waals surface area contributed by atoms with Crippen LogP contribution < -0.4 is 9.46 Å². The fourth-order valence-corrected chi connectivity index (χ4v) is 4.19. The minimum atomic E-state index is -3.65. The van der Waals surface area contributed by atoms with Crippen molar-refractivity contribution in [2.45, 2.75) is 24.0 Å². The van der Waals surface area contributed by atoms with Crippen molar-refractivity contribution in [1.29, 1.82) is 0 Å². The van der Waals surface area contributed by atoms with Gasteiger partial charge in [-0.2, -0.15) is 0 Å². The summed E-state index contributed by atoms with van der Waals surface area (Å²) in [5.74, 6) is 0.592. The quantitative estimate of drug-likeness (QED) is 0.764. The molecule has 0 fully saturated rings. The SMILES string of the molecule is COc1ccc(S(=O)(=O)NCC(O)CN2CCc3ccccc3C2)cc1. The number of nitrogens with zero attached hydrogens (tertiary/aromatic N) is 1. The van der Waals surface area contributed by atoms with Gasteiger partial charge in [0.15, 0.2) is 0 Å². The summed E-state index contributed by atoms with van der Waals surface area (Å²) in [6, 6.07) is 14.4. The Morgan fingerprint density at radius 3 is 2.54 bits per heavy atom. The average Bonchev–Trinajstić information content (AvgIpc) is 2.66. The van der Waals surface area contributed by atoms with Crippen LogP contribution in [0.2, 0.25) is 0 Å². The normalized spacial score (nSPS) is 16.1. The maximum absolute atomic E-state index is 12.3. The number of aliphatic hydroxyl groups is 1. The van der Waals surface area contributed by atoms with Crippen LogP contribution in [0, 0.1) is 0 Å². The van der Waals surface area contributed by atoms with Gasteiger partial charge in [-0.3, -0.25) is 4.90 Å². The third-order valence-corrected chi connectivity index (χ3v) is 6.00. The molecule has 1 heterocycles. The van der Waals surface area contributed by atoms with Gasteiger partial charge in [0.25, 0.3) is 0 Å². The predicted molar refractivity (Wildman–Crippen MR) is 99.6 cm³/mol. The summed E-state index contributed by atoms with van der Waals surface area (Å²) in [6.45, 7) is 2.05. The third kappa shape index (κ3) is 4.62. The molecule has 0 aromatic heterocycles. The summed E-state index contributed by atoms with van der Waals surface area (Å²) in [7, 11) is -2.13. The molecule has 6 nitrogen and oxygen atoms in total. The zero-order valence-electron chi connectivity index (χ0n) is 14.8. The van der Waals surface area contributed by atoms with Crippen LogP contribution in [-0.2, 0) is 23.0 Å². The fraction of sp³-hybridized carbons (Fsp3) is 0.368. The molecule has 3 rings (SSSR count). The molecule has 26 heavy (non-hydrogen) atoms. The number of rotatable bonds is 7. The zero-order valence-corrected chi connectivity index (χ0v) is 15.6. The number of hydrogen-bond acceptors (Lipinski definition) is 5. The van der Waals surface area contributed by atoms with Gasteiger partial charge in [0, 0.05) is 26.2 Å². The van der Waals surface area contributed by atoms with E-state index in [1.165, 1.54) is 30.4 Å². The second-order valence-electron chi connectivity index (χ2n) is 6.44. The molecule has 0 bridgehead atoms. The Balaban J connectivity index is 1.53. The predicted octanol–water partition coefficient (Wildman–Crippen LogP) is 1.39. The maximum atomic E-state index is 12.3. The van der Waals surface area contributed by atoms with Crippen LogP contribution in [-0.4, -0.2) is 51.3 Å². The van der Waals surface area contributed by atoms with Crippen molar-refractivity contribution >= 4 is 10.0 Å². The number of sulfonamides is 1. The summed E-state index contributed by atoms with van der Waals surface area (Å²) in [5.41, 5.74) is 2.61. The van der Waals surface area contributed by atoms with E-state index in [0.29, 0.717) is 12.3 Å². The maximum Gasteiger partial charge on any atom is 0.240 e. The first kappa shape index (κ1) is 18.8. The lowest BCUT2D eigenvalue weighted by Gasteiger charge is -2.30. The van der Waals surface area contributed by atoms with E-state index >= 15 is 0 Å². The van der Waals surface area contributed by atoms with Gasteiger partial charge < -0.3 is 9.84 Å². The van der Waals surface area contributed by atoms with Gasteiger partial charge in [-0.05, 0) is 41.8 Å². The standard InChI is InChI=1S/C19H24N2O4S/c1-25-18-6-8-19(9-7-18)26(23,24)20-12-17(22)14-21-11-10-15-4-2-3-5-16(15)13-21/h2-9,17,20,22H,10-14H2,1H3. The van der Waals surface area contributed by atoms with E-state index < -0.39 is 16.1 Å². The van der Waals surface area contributed by atoms with Gasteiger partial charge in [-0.15, -0.1) is 0 Å². The summed E-state index contributed by atoms with van der Waals surface area (Å²) in [6.07, 6.45) is 0.175. The van der Waals surface area contributed by atoms with E-state index in [0.717, 1.165) is 19.5 Å². The van der Waals surface area contributed by atoms with Crippen molar-refractivity contribution in [3.05, 3.63) is 59.7 Å². The Hall–Kier alpha value is -1.93. The molecule has 2 aromatic rings. The minimum Gasteiger partial charge on any atom is -0.497 e. The molecule has 1 atom stereocenters. The number of nitrogens with one attached hydrogen (secondary N) is 1. The van der Waals surface area contributed by atoms with Crippen molar-refractivity contribution in [2.24, 2.45) is 0 Å². The molecule has 0 radical (unpaired) electrons. The molecule has 0 saturated heterocycles. The fourth-order valence-electron chi connectivity index (χ4n) is 3.12. The van der Waals surface area contributed by atoms with E-state index in [-0.39, 0.29) is 11.4 Å². The van der Waals surface area contributed by atoms with Gasteiger partial charge in [0.1, 0.15) is 5.75 Å². The summed E-state index contributed by atoms with van der Waals surface area (Å²) >= 11 is 0. The van der Waals surface area contributed by atoms with E-state index in [4.69, 9.17) is 4.74 Å². The Labute approximate surface area is 154 Å². The number of methoxy groups -OCH3 is 1. The van der Waals surface area contributed by atoms with E-state index in [1.54, 1.807) is 12.1 Å². The van der Waals surface area contributed by atoms with Crippen LogP contribution in [0.25, 0.3) is 0 Å². The van der Waals surface area contributed by atoms with Gasteiger partial charge in [0.2, 0.25) is 10.0 Å². The molecule has 0 amide bonds. The van der Waals surface area contributed by atoms with Crippen molar-refractivity contribution in [1.82, 2.24) is 9.62 Å². The second-order valence-corrected chi connectivity index (χ2v) is 8.20. The van der Waals surface area contributed by atoms with E-state index in [9.17, 15) is 13.5 Å². The van der Waals surface area contributed by atoms with Crippen molar-refractivity contribution in [3.8, 4) is 5.75 Å². The molecule has 7 heteroatoms. The average molecular weight is 376 g/mol. The number of hydrogen-bond donors (Lipinski definition) is 2. The highest BCUT2D eigenvalue weighted by Gasteiger charge is 2.20. The molecule has 1 unspecified atom stereocenters. The van der Waals surface area contributed by atoms with Crippen LogP contribution in [0.15, 0.2) is 53.4 Å². The summed E-state index contributed by atoms with van der Waals surface area (Å²) in [5, 5.41) is 10.3. The number of β-amino-alcohol motifs (C(OH)–C–C–N with tert-alkyl or cyclic N) is 1. The molecular weight excluding hydrogens is 352 g/mol. The van der Waals surface area contributed by atoms with Gasteiger partial charge in [-0.1, -0.05) is 24.3 Å². The first-order chi connectivity index (χ1) is 12.5. The van der Waals surface area contributed by atoms with E-state index in [2.05, 4.69) is 21.8 Å². The molecule has 0 saturated carbocycles. The lowest BCUT2D eigenvalue weighted by molar-refractivity contribution is 0.108. The zero-order chi connectivity index (χ0) is 18.6. The molecule has 0 aliphatic carbocycles. The molecule has 2 aromatic carbocycles. The number of aliphatic hydroxyl groups excluding tert-OH is 1. The van der Waals surface area contributed by atoms with Gasteiger partial charge in [-0.25, -0.2) is 13.1 Å². The monoisotopic (exact) mass is 376 g/mol. The van der Waals surface area contributed by atoms with E-state index in [1.807, 2.05) is 12.1 Å². The molecule has 0 spiro atoms. The smallest absolute Gasteiger partial charge is 0.240 e. The van der Waals surface area contributed by atoms with Crippen molar-refractivity contribution in [3.63, 3.8) is 0 Å². The van der Waals surface area contributed by atoms with Crippen LogP contribution >= 0.6 is 0 Å². The molecular formula is C19H24N2O4S. The molecule has 1 aliphatic rings. The van der Waals surface area contributed by atoms with Crippen LogP contribution in [0.4, 0.5) is 0 Å². The summed E-state index contributed by atoms with van der Waals surface area (Å²) in [4.78, 5) is 2.30. The Kier molecular flexibility index (Phi) is 5.93. The number of fused-ring (bicyclic) bond motifs is 1. The number of ether oxygens (including phenoxy) is 1. The Bertz CT molecular complexity index is 837. The van der Waals surface area contributed by atoms with Crippen LogP contribution in [0.5, 0.6) is 5.75 Å². The highest BCUT2D eigenvalue weighted by atomic mass is 32.2. The minimum absolute atomic E-state index is 0.0213. The Morgan fingerprint density at radius 2 is 1.85 bits per heavy atom. The van der Waals surface area contributed by atoms with Crippen LogP contribution in [0.1, 0.15) is 11.1 Å². The first-order valence-electron chi connectivity index (χ1n) is 8.59. The lowest BCUT2D eigenvalue weighted by Crippen LogP contribution is -2.42. The molecule has 140 valence electrons. The highest BCUT2D eigenvalue weighted by molar-refractivity contribution is 7.89.